The second kappa shape index (κ2) is 6.98. The number of nitrogens with one attached hydrogen (secondary N) is 1. The summed E-state index contributed by atoms with van der Waals surface area (Å²) in [5.41, 5.74) is 1.96. The number of nitriles is 1. The van der Waals surface area contributed by atoms with Gasteiger partial charge >= 0.3 is 0 Å². The van der Waals surface area contributed by atoms with E-state index in [1.807, 2.05) is 17.0 Å². The summed E-state index contributed by atoms with van der Waals surface area (Å²) in [7, 11) is 0. The molecule has 2 aromatic heterocycles. The lowest BCUT2D eigenvalue weighted by Crippen LogP contribution is -2.57. The van der Waals surface area contributed by atoms with Crippen molar-refractivity contribution in [1.29, 1.82) is 5.26 Å². The normalized spacial score (nSPS) is 20.2. The number of furan rings is 1. The van der Waals surface area contributed by atoms with E-state index in [2.05, 4.69) is 9.88 Å². The molecule has 0 saturated carbocycles. The van der Waals surface area contributed by atoms with Gasteiger partial charge in [-0.25, -0.2) is 0 Å². The van der Waals surface area contributed by atoms with Gasteiger partial charge in [-0.15, -0.1) is 0 Å². The minimum absolute atomic E-state index is 0.0487. The first-order valence-electron chi connectivity index (χ1n) is 8.93. The molecule has 2 aliphatic rings. The van der Waals surface area contributed by atoms with Gasteiger partial charge in [-0.2, -0.15) is 5.26 Å². The van der Waals surface area contributed by atoms with E-state index in [-0.39, 0.29) is 11.5 Å². The number of aromatic nitrogens is 1. The second-order valence-corrected chi connectivity index (χ2v) is 7.08. The number of nitrogens with zero attached hydrogens (tertiary/aromatic N) is 3. The Morgan fingerprint density at radius 1 is 1.35 bits per heavy atom. The van der Waals surface area contributed by atoms with Gasteiger partial charge in [-0.3, -0.25) is 9.69 Å². The Morgan fingerprint density at radius 2 is 2.19 bits per heavy atom. The molecule has 2 fully saturated rings. The quantitative estimate of drug-likeness (QED) is 0.911. The fourth-order valence-corrected chi connectivity index (χ4v) is 3.87. The molecule has 0 unspecified atom stereocenters. The summed E-state index contributed by atoms with van der Waals surface area (Å²) in [6, 6.07) is 5.64. The van der Waals surface area contributed by atoms with Gasteiger partial charge in [0.2, 0.25) is 0 Å². The minimum atomic E-state index is -0.174. The molecule has 0 aliphatic carbocycles. The molecule has 2 aromatic rings. The standard InChI is InChI=1S/C19H22N4O3/c20-10-16-9-17(21-11-16)18(24)23-4-2-19(3-5-23)14-22(6-8-26-19)12-15-1-7-25-13-15/h1,7,9,11,13,21H,2-6,8,12,14H2. The van der Waals surface area contributed by atoms with Crippen LogP contribution < -0.4 is 0 Å². The molecule has 26 heavy (non-hydrogen) atoms. The SMILES string of the molecule is N#Cc1c[nH]c(C(=O)N2CCC3(CC2)CN(Cc2ccoc2)CCO3)c1. The van der Waals surface area contributed by atoms with Crippen molar-refractivity contribution < 1.29 is 13.9 Å². The predicted octanol–water partition coefficient (Wildman–Crippen LogP) is 1.99. The second-order valence-electron chi connectivity index (χ2n) is 7.08. The molecule has 1 N–H and O–H groups in total. The number of aromatic amines is 1. The van der Waals surface area contributed by atoms with Crippen molar-refractivity contribution in [2.75, 3.05) is 32.8 Å². The minimum Gasteiger partial charge on any atom is -0.472 e. The summed E-state index contributed by atoms with van der Waals surface area (Å²) >= 11 is 0. The molecule has 2 aliphatic heterocycles. The van der Waals surface area contributed by atoms with Crippen LogP contribution in [0.25, 0.3) is 0 Å². The van der Waals surface area contributed by atoms with Gasteiger partial charge in [0.05, 0.1) is 30.3 Å². The predicted molar refractivity (Wildman–Crippen MR) is 93.3 cm³/mol. The van der Waals surface area contributed by atoms with Gasteiger partial charge in [-0.1, -0.05) is 0 Å². The number of likely N-dealkylation sites (tertiary alicyclic amines) is 1. The summed E-state index contributed by atoms with van der Waals surface area (Å²) in [4.78, 5) is 19.7. The number of hydrogen-bond donors (Lipinski definition) is 1. The van der Waals surface area contributed by atoms with Crippen LogP contribution in [0.5, 0.6) is 0 Å². The first-order valence-corrected chi connectivity index (χ1v) is 8.93. The molecule has 7 nitrogen and oxygen atoms in total. The first-order chi connectivity index (χ1) is 12.7. The number of carbonyl (C=O) groups excluding carboxylic acids is 1. The molecule has 0 radical (unpaired) electrons. The number of ether oxygens (including phenoxy) is 1. The Kier molecular flexibility index (Phi) is 4.53. The van der Waals surface area contributed by atoms with E-state index in [1.165, 1.54) is 5.56 Å². The third kappa shape index (κ3) is 3.39. The van der Waals surface area contributed by atoms with E-state index in [1.54, 1.807) is 24.8 Å². The highest BCUT2D eigenvalue weighted by Crippen LogP contribution is 2.31. The van der Waals surface area contributed by atoms with E-state index in [0.717, 1.165) is 32.5 Å². The highest BCUT2D eigenvalue weighted by molar-refractivity contribution is 5.93. The average molecular weight is 354 g/mol. The van der Waals surface area contributed by atoms with Crippen molar-refractivity contribution in [2.45, 2.75) is 25.0 Å². The van der Waals surface area contributed by atoms with Crippen LogP contribution in [0.4, 0.5) is 0 Å². The van der Waals surface area contributed by atoms with Crippen LogP contribution in [0.15, 0.2) is 35.3 Å². The summed E-state index contributed by atoms with van der Waals surface area (Å²) in [5.74, 6) is -0.0487. The van der Waals surface area contributed by atoms with Crippen LogP contribution in [-0.4, -0.2) is 59.1 Å². The van der Waals surface area contributed by atoms with Crippen molar-refractivity contribution in [3.05, 3.63) is 47.7 Å². The lowest BCUT2D eigenvalue weighted by molar-refractivity contribution is -0.134. The molecule has 0 bridgehead atoms. The zero-order valence-electron chi connectivity index (χ0n) is 14.6. The van der Waals surface area contributed by atoms with Crippen molar-refractivity contribution in [1.82, 2.24) is 14.8 Å². The van der Waals surface area contributed by atoms with Gasteiger partial charge < -0.3 is 19.0 Å². The van der Waals surface area contributed by atoms with Gasteiger partial charge in [-0.05, 0) is 25.0 Å². The fourth-order valence-electron chi connectivity index (χ4n) is 3.87. The molecule has 2 saturated heterocycles. The number of rotatable bonds is 3. The van der Waals surface area contributed by atoms with E-state index in [0.29, 0.717) is 31.0 Å². The van der Waals surface area contributed by atoms with E-state index in [4.69, 9.17) is 14.4 Å². The maximum Gasteiger partial charge on any atom is 0.270 e. The Balaban J connectivity index is 1.36. The van der Waals surface area contributed by atoms with Crippen molar-refractivity contribution in [3.63, 3.8) is 0 Å². The van der Waals surface area contributed by atoms with Crippen LogP contribution >= 0.6 is 0 Å². The van der Waals surface area contributed by atoms with Crippen LogP contribution in [0, 0.1) is 11.3 Å². The van der Waals surface area contributed by atoms with E-state index in [9.17, 15) is 4.79 Å². The van der Waals surface area contributed by atoms with Gasteiger partial charge in [0.25, 0.3) is 5.91 Å². The van der Waals surface area contributed by atoms with Crippen molar-refractivity contribution in [2.24, 2.45) is 0 Å². The fraction of sp³-hybridized carbons (Fsp3) is 0.474. The molecule has 4 rings (SSSR count). The number of carbonyl (C=O) groups is 1. The lowest BCUT2D eigenvalue weighted by atomic mass is 9.89. The number of amides is 1. The molecular formula is C19H22N4O3. The largest absolute Gasteiger partial charge is 0.472 e. The van der Waals surface area contributed by atoms with E-state index < -0.39 is 0 Å². The van der Waals surface area contributed by atoms with Crippen molar-refractivity contribution in [3.8, 4) is 6.07 Å². The summed E-state index contributed by atoms with van der Waals surface area (Å²) < 4.78 is 11.3. The van der Waals surface area contributed by atoms with Gasteiger partial charge in [0.1, 0.15) is 11.8 Å². The maximum absolute atomic E-state index is 12.6. The summed E-state index contributed by atoms with van der Waals surface area (Å²) in [6.45, 7) is 4.70. The Morgan fingerprint density at radius 3 is 2.88 bits per heavy atom. The lowest BCUT2D eigenvalue weighted by Gasteiger charge is -2.47. The molecule has 1 spiro atoms. The molecule has 1 amide bonds. The smallest absolute Gasteiger partial charge is 0.270 e. The maximum atomic E-state index is 12.6. The molecule has 0 atom stereocenters. The average Bonchev–Trinajstić information content (AvgIpc) is 3.33. The Hall–Kier alpha value is -2.56. The summed E-state index contributed by atoms with van der Waals surface area (Å²) in [6.07, 6.45) is 6.71. The third-order valence-corrected chi connectivity index (χ3v) is 5.32. The van der Waals surface area contributed by atoms with Gasteiger partial charge in [0, 0.05) is 44.5 Å². The molecule has 0 aromatic carbocycles. The Labute approximate surface area is 152 Å². The number of morpholine rings is 1. The van der Waals surface area contributed by atoms with E-state index >= 15 is 0 Å². The monoisotopic (exact) mass is 354 g/mol. The molecule has 7 heteroatoms. The first kappa shape index (κ1) is 16.9. The highest BCUT2D eigenvalue weighted by Gasteiger charge is 2.40. The van der Waals surface area contributed by atoms with Crippen LogP contribution in [0.3, 0.4) is 0 Å². The third-order valence-electron chi connectivity index (χ3n) is 5.32. The zero-order valence-corrected chi connectivity index (χ0v) is 14.6. The molecule has 136 valence electrons. The Bertz CT molecular complexity index is 797. The topological polar surface area (TPSA) is 85.5 Å². The summed E-state index contributed by atoms with van der Waals surface area (Å²) in [5, 5.41) is 8.90. The van der Waals surface area contributed by atoms with Crippen molar-refractivity contribution >= 4 is 5.91 Å². The zero-order chi connectivity index (χ0) is 18.0. The van der Waals surface area contributed by atoms with Gasteiger partial charge in [0.15, 0.2) is 0 Å². The number of H-pyrrole nitrogens is 1. The number of hydrogen-bond acceptors (Lipinski definition) is 5. The molecular weight excluding hydrogens is 332 g/mol. The molecule has 4 heterocycles. The van der Waals surface area contributed by atoms with Crippen LogP contribution in [0.1, 0.15) is 34.5 Å². The van der Waals surface area contributed by atoms with Crippen LogP contribution in [-0.2, 0) is 11.3 Å². The number of piperidine rings is 1. The highest BCUT2D eigenvalue weighted by atomic mass is 16.5. The van der Waals surface area contributed by atoms with Crippen LogP contribution in [0.2, 0.25) is 0 Å².